The zero-order valence-corrected chi connectivity index (χ0v) is 16.5. The second-order valence-corrected chi connectivity index (χ2v) is 6.99. The summed E-state index contributed by atoms with van der Waals surface area (Å²) < 4.78 is 19.3. The number of hydrogen-bond acceptors (Lipinski definition) is 4. The van der Waals surface area contributed by atoms with E-state index in [1.165, 1.54) is 6.07 Å². The first kappa shape index (κ1) is 19.2. The molecule has 1 aliphatic rings. The van der Waals surface area contributed by atoms with E-state index in [1.54, 1.807) is 13.1 Å². The summed E-state index contributed by atoms with van der Waals surface area (Å²) in [5, 5.41) is 7.50. The number of para-hydroxylation sites is 1. The summed E-state index contributed by atoms with van der Waals surface area (Å²) >= 11 is 0. The van der Waals surface area contributed by atoms with Gasteiger partial charge in [0.05, 0.1) is 11.4 Å². The molecule has 0 radical (unpaired) electrons. The topological polar surface area (TPSA) is 56.9 Å². The fourth-order valence-electron chi connectivity index (χ4n) is 3.74. The summed E-state index contributed by atoms with van der Waals surface area (Å²) in [5.74, 6) is 1.85. The molecule has 2 aromatic rings. The van der Waals surface area contributed by atoms with Crippen molar-refractivity contribution >= 4 is 11.6 Å². The first-order valence-electron chi connectivity index (χ1n) is 9.39. The molecule has 1 fully saturated rings. The molecular formula is C20H28FN5O. The molecule has 2 heterocycles. The van der Waals surface area contributed by atoms with Gasteiger partial charge < -0.3 is 19.6 Å². The Hall–Kier alpha value is -2.57. The second-order valence-electron chi connectivity index (χ2n) is 6.99. The Morgan fingerprint density at radius 2 is 1.96 bits per heavy atom. The molecular weight excluding hydrogens is 345 g/mol. The molecule has 146 valence electrons. The van der Waals surface area contributed by atoms with Crippen LogP contribution in [0.15, 0.2) is 33.8 Å². The molecule has 0 spiro atoms. The first-order chi connectivity index (χ1) is 13.0. The van der Waals surface area contributed by atoms with Crippen molar-refractivity contribution in [1.82, 2.24) is 15.4 Å². The number of aliphatic imine (C=N–C) groups is 1. The molecule has 0 amide bonds. The van der Waals surface area contributed by atoms with Gasteiger partial charge in [-0.15, -0.1) is 0 Å². The van der Waals surface area contributed by atoms with Crippen molar-refractivity contribution in [3.63, 3.8) is 0 Å². The van der Waals surface area contributed by atoms with Gasteiger partial charge in [0.1, 0.15) is 11.6 Å². The lowest BCUT2D eigenvalue weighted by atomic mass is 10.00. The number of aromatic nitrogens is 1. The van der Waals surface area contributed by atoms with Crippen LogP contribution in [-0.4, -0.2) is 55.8 Å². The fraction of sp³-hybridized carbons (Fsp3) is 0.500. The van der Waals surface area contributed by atoms with Gasteiger partial charge in [0.25, 0.3) is 0 Å². The van der Waals surface area contributed by atoms with Crippen LogP contribution < -0.4 is 10.2 Å². The van der Waals surface area contributed by atoms with E-state index in [0.717, 1.165) is 55.7 Å². The lowest BCUT2D eigenvalue weighted by Gasteiger charge is -2.38. The van der Waals surface area contributed by atoms with Crippen LogP contribution in [0.5, 0.6) is 0 Å². The number of rotatable bonds is 4. The van der Waals surface area contributed by atoms with E-state index in [9.17, 15) is 4.39 Å². The number of nitrogens with one attached hydrogen (secondary N) is 1. The van der Waals surface area contributed by atoms with Crippen molar-refractivity contribution in [2.75, 3.05) is 44.7 Å². The van der Waals surface area contributed by atoms with Crippen molar-refractivity contribution in [3.8, 4) is 0 Å². The third kappa shape index (κ3) is 4.23. The molecule has 1 saturated heterocycles. The van der Waals surface area contributed by atoms with Crippen molar-refractivity contribution in [2.45, 2.75) is 26.7 Å². The fourth-order valence-corrected chi connectivity index (χ4v) is 3.74. The summed E-state index contributed by atoms with van der Waals surface area (Å²) in [4.78, 5) is 8.73. The Bertz CT molecular complexity index is 776. The second kappa shape index (κ2) is 8.41. The highest BCUT2D eigenvalue weighted by Crippen LogP contribution is 2.23. The quantitative estimate of drug-likeness (QED) is 0.660. The lowest BCUT2D eigenvalue weighted by Crippen LogP contribution is -2.53. The Morgan fingerprint density at radius 3 is 2.56 bits per heavy atom. The molecule has 0 saturated carbocycles. The Morgan fingerprint density at radius 1 is 1.26 bits per heavy atom. The highest BCUT2D eigenvalue weighted by Gasteiger charge is 2.22. The van der Waals surface area contributed by atoms with Crippen LogP contribution in [0.25, 0.3) is 0 Å². The van der Waals surface area contributed by atoms with E-state index in [4.69, 9.17) is 4.52 Å². The van der Waals surface area contributed by atoms with Crippen molar-refractivity contribution < 1.29 is 8.91 Å². The number of guanidine groups is 1. The van der Waals surface area contributed by atoms with E-state index >= 15 is 0 Å². The highest BCUT2D eigenvalue weighted by molar-refractivity contribution is 5.80. The molecule has 3 rings (SSSR count). The summed E-state index contributed by atoms with van der Waals surface area (Å²) in [6.45, 7) is 9.96. The third-order valence-electron chi connectivity index (χ3n) is 5.13. The van der Waals surface area contributed by atoms with Crippen LogP contribution in [0.4, 0.5) is 10.1 Å². The smallest absolute Gasteiger partial charge is 0.193 e. The molecule has 1 aliphatic heterocycles. The number of benzene rings is 1. The zero-order chi connectivity index (χ0) is 19.4. The number of piperazine rings is 1. The Balaban J connectivity index is 1.56. The third-order valence-corrected chi connectivity index (χ3v) is 5.13. The van der Waals surface area contributed by atoms with Crippen LogP contribution in [0.1, 0.15) is 29.9 Å². The molecule has 1 aromatic heterocycles. The number of nitrogens with zero attached hydrogens (tertiary/aromatic N) is 4. The predicted octanol–water partition coefficient (Wildman–Crippen LogP) is 2.93. The molecule has 1 atom stereocenters. The Labute approximate surface area is 160 Å². The van der Waals surface area contributed by atoms with Crippen LogP contribution in [0, 0.1) is 19.7 Å². The van der Waals surface area contributed by atoms with Crippen LogP contribution in [-0.2, 0) is 0 Å². The normalized spacial score (nSPS) is 16.6. The zero-order valence-electron chi connectivity index (χ0n) is 16.5. The van der Waals surface area contributed by atoms with Crippen molar-refractivity contribution in [1.29, 1.82) is 0 Å². The van der Waals surface area contributed by atoms with Gasteiger partial charge in [-0.25, -0.2) is 4.39 Å². The molecule has 0 bridgehead atoms. The van der Waals surface area contributed by atoms with Gasteiger partial charge in [-0.2, -0.15) is 0 Å². The summed E-state index contributed by atoms with van der Waals surface area (Å²) in [6.07, 6.45) is 0. The highest BCUT2D eigenvalue weighted by atomic mass is 19.1. The molecule has 1 N–H and O–H groups in total. The summed E-state index contributed by atoms with van der Waals surface area (Å²) in [5.41, 5.74) is 2.77. The molecule has 0 aliphatic carbocycles. The number of anilines is 1. The minimum atomic E-state index is -0.165. The maximum atomic E-state index is 14.0. The van der Waals surface area contributed by atoms with E-state index in [1.807, 2.05) is 26.0 Å². The monoisotopic (exact) mass is 373 g/mol. The average molecular weight is 373 g/mol. The molecule has 7 heteroatoms. The van der Waals surface area contributed by atoms with Crippen LogP contribution >= 0.6 is 0 Å². The Kier molecular flexibility index (Phi) is 5.98. The van der Waals surface area contributed by atoms with E-state index in [0.29, 0.717) is 5.69 Å². The molecule has 27 heavy (non-hydrogen) atoms. The van der Waals surface area contributed by atoms with Gasteiger partial charge >= 0.3 is 0 Å². The number of aryl methyl sites for hydroxylation is 2. The van der Waals surface area contributed by atoms with E-state index < -0.39 is 0 Å². The maximum Gasteiger partial charge on any atom is 0.193 e. The predicted molar refractivity (Wildman–Crippen MR) is 106 cm³/mol. The van der Waals surface area contributed by atoms with Crippen molar-refractivity contribution in [3.05, 3.63) is 47.1 Å². The molecule has 6 nitrogen and oxygen atoms in total. The van der Waals surface area contributed by atoms with Gasteiger partial charge in [0, 0.05) is 51.3 Å². The number of halogens is 1. The van der Waals surface area contributed by atoms with Gasteiger partial charge in [0.15, 0.2) is 5.96 Å². The summed E-state index contributed by atoms with van der Waals surface area (Å²) in [6, 6.07) is 6.95. The first-order valence-corrected chi connectivity index (χ1v) is 9.39. The maximum absolute atomic E-state index is 14.0. The van der Waals surface area contributed by atoms with E-state index in [-0.39, 0.29) is 11.7 Å². The minimum Gasteiger partial charge on any atom is -0.366 e. The standard InChI is InChI=1S/C20H28FN5O/c1-14(19-15(2)24-27-16(19)3)13-23-20(22-4)26-11-9-25(10-12-26)18-8-6-5-7-17(18)21/h5-8,14H,9-13H2,1-4H3,(H,22,23). The largest absolute Gasteiger partial charge is 0.366 e. The van der Waals surface area contributed by atoms with Gasteiger partial charge in [0.2, 0.25) is 0 Å². The minimum absolute atomic E-state index is 0.165. The summed E-state index contributed by atoms with van der Waals surface area (Å²) in [7, 11) is 1.80. The van der Waals surface area contributed by atoms with Gasteiger partial charge in [-0.1, -0.05) is 24.2 Å². The van der Waals surface area contributed by atoms with Gasteiger partial charge in [-0.3, -0.25) is 4.99 Å². The molecule has 1 aromatic carbocycles. The van der Waals surface area contributed by atoms with Crippen LogP contribution in [0.2, 0.25) is 0 Å². The van der Waals surface area contributed by atoms with Crippen LogP contribution in [0.3, 0.4) is 0 Å². The lowest BCUT2D eigenvalue weighted by molar-refractivity contribution is 0.369. The van der Waals surface area contributed by atoms with Gasteiger partial charge in [-0.05, 0) is 26.0 Å². The number of hydrogen-bond donors (Lipinski definition) is 1. The van der Waals surface area contributed by atoms with Crippen molar-refractivity contribution in [2.24, 2.45) is 4.99 Å². The van der Waals surface area contributed by atoms with E-state index in [2.05, 4.69) is 32.2 Å². The molecule has 1 unspecified atom stereocenters. The SMILES string of the molecule is CN=C(NCC(C)c1c(C)noc1C)N1CCN(c2ccccc2F)CC1. The average Bonchev–Trinajstić information content (AvgIpc) is 3.01.